The fourth-order valence-corrected chi connectivity index (χ4v) is 2.83. The summed E-state index contributed by atoms with van der Waals surface area (Å²) in [5.74, 6) is -1.31. The van der Waals surface area contributed by atoms with Gasteiger partial charge in [0.05, 0.1) is 5.92 Å². The van der Waals surface area contributed by atoms with E-state index in [-0.39, 0.29) is 30.1 Å². The third kappa shape index (κ3) is 4.55. The van der Waals surface area contributed by atoms with Gasteiger partial charge in [-0.05, 0) is 38.3 Å². The molecule has 0 bridgehead atoms. The second-order valence-corrected chi connectivity index (χ2v) is 6.12. The van der Waals surface area contributed by atoms with Crippen LogP contribution in [0.15, 0.2) is 18.2 Å². The lowest BCUT2D eigenvalue weighted by Gasteiger charge is -2.31. The van der Waals surface area contributed by atoms with E-state index in [0.29, 0.717) is 25.2 Å². The predicted octanol–water partition coefficient (Wildman–Crippen LogP) is 1.36. The van der Waals surface area contributed by atoms with Gasteiger partial charge in [0.1, 0.15) is 6.42 Å². The molecule has 3 amide bonds. The third-order valence-corrected chi connectivity index (χ3v) is 4.14. The highest BCUT2D eigenvalue weighted by Crippen LogP contribution is 2.18. The summed E-state index contributed by atoms with van der Waals surface area (Å²) in [4.78, 5) is 37.1. The summed E-state index contributed by atoms with van der Waals surface area (Å²) >= 11 is 0. The number of hydrogen-bond donors (Lipinski definition) is 2. The highest BCUT2D eigenvalue weighted by molar-refractivity contribution is 6.04. The molecule has 1 aliphatic rings. The summed E-state index contributed by atoms with van der Waals surface area (Å²) in [5.41, 5.74) is 8.09. The number of aryl methyl sites for hydroxylation is 2. The van der Waals surface area contributed by atoms with E-state index in [9.17, 15) is 14.4 Å². The fraction of sp³-hybridized carbons (Fsp3) is 0.471. The van der Waals surface area contributed by atoms with Gasteiger partial charge in [0.2, 0.25) is 17.7 Å². The Morgan fingerprint density at radius 1 is 1.30 bits per heavy atom. The summed E-state index contributed by atoms with van der Waals surface area (Å²) in [5, 5.41) is 2.76. The number of anilines is 1. The second-order valence-electron chi connectivity index (χ2n) is 6.12. The molecule has 6 nitrogen and oxygen atoms in total. The van der Waals surface area contributed by atoms with E-state index in [1.165, 1.54) is 0 Å². The van der Waals surface area contributed by atoms with Crippen LogP contribution in [0, 0.1) is 19.8 Å². The van der Waals surface area contributed by atoms with Crippen LogP contribution >= 0.6 is 0 Å². The number of primary amides is 1. The molecule has 1 saturated heterocycles. The largest absolute Gasteiger partial charge is 0.369 e. The van der Waals surface area contributed by atoms with Gasteiger partial charge in [-0.1, -0.05) is 17.7 Å². The molecule has 2 rings (SSSR count). The van der Waals surface area contributed by atoms with Crippen molar-refractivity contribution in [3.05, 3.63) is 29.3 Å². The van der Waals surface area contributed by atoms with Crippen LogP contribution in [0.3, 0.4) is 0 Å². The van der Waals surface area contributed by atoms with Crippen molar-refractivity contribution < 1.29 is 14.4 Å². The molecule has 1 heterocycles. The van der Waals surface area contributed by atoms with Crippen molar-refractivity contribution in [2.45, 2.75) is 33.1 Å². The molecule has 0 aliphatic carbocycles. The molecule has 6 heteroatoms. The summed E-state index contributed by atoms with van der Waals surface area (Å²) < 4.78 is 0. The lowest BCUT2D eigenvalue weighted by atomic mass is 9.97. The van der Waals surface area contributed by atoms with E-state index >= 15 is 0 Å². The van der Waals surface area contributed by atoms with Crippen molar-refractivity contribution in [1.82, 2.24) is 4.90 Å². The lowest BCUT2D eigenvalue weighted by molar-refractivity contribution is -0.137. The van der Waals surface area contributed by atoms with Crippen molar-refractivity contribution in [3.8, 4) is 0 Å². The Morgan fingerprint density at radius 2 is 2.04 bits per heavy atom. The number of carbonyl (C=O) groups is 3. The highest BCUT2D eigenvalue weighted by atomic mass is 16.2. The van der Waals surface area contributed by atoms with E-state index in [1.807, 2.05) is 32.0 Å². The Labute approximate surface area is 136 Å². The quantitative estimate of drug-likeness (QED) is 0.821. The number of nitrogens with one attached hydrogen (secondary N) is 1. The van der Waals surface area contributed by atoms with Crippen molar-refractivity contribution in [1.29, 1.82) is 0 Å². The molecule has 3 N–H and O–H groups in total. The van der Waals surface area contributed by atoms with Crippen molar-refractivity contribution in [2.24, 2.45) is 11.7 Å². The van der Waals surface area contributed by atoms with Crippen LogP contribution < -0.4 is 11.1 Å². The Morgan fingerprint density at radius 3 is 2.70 bits per heavy atom. The Bertz CT molecular complexity index is 628. The number of carbonyl (C=O) groups excluding carboxylic acids is 3. The summed E-state index contributed by atoms with van der Waals surface area (Å²) in [6, 6.07) is 5.71. The van der Waals surface area contributed by atoms with Gasteiger partial charge in [-0.2, -0.15) is 0 Å². The highest BCUT2D eigenvalue weighted by Gasteiger charge is 2.27. The summed E-state index contributed by atoms with van der Waals surface area (Å²) in [6.07, 6.45) is 1.21. The normalized spacial score (nSPS) is 17.7. The average Bonchev–Trinajstić information content (AvgIpc) is 2.50. The first-order chi connectivity index (χ1) is 10.9. The zero-order valence-corrected chi connectivity index (χ0v) is 13.6. The molecule has 0 spiro atoms. The van der Waals surface area contributed by atoms with Gasteiger partial charge in [0.15, 0.2) is 0 Å². The van der Waals surface area contributed by atoms with Crippen LogP contribution in [-0.2, 0) is 14.4 Å². The van der Waals surface area contributed by atoms with Gasteiger partial charge in [-0.15, -0.1) is 0 Å². The molecule has 1 atom stereocenters. The number of likely N-dealkylation sites (tertiary alicyclic amines) is 1. The predicted molar refractivity (Wildman–Crippen MR) is 87.7 cm³/mol. The van der Waals surface area contributed by atoms with Crippen LogP contribution in [0.4, 0.5) is 5.69 Å². The van der Waals surface area contributed by atoms with E-state index in [4.69, 9.17) is 5.73 Å². The molecule has 1 aromatic rings. The zero-order chi connectivity index (χ0) is 17.0. The van der Waals surface area contributed by atoms with Gasteiger partial charge in [0.25, 0.3) is 0 Å². The molecule has 0 radical (unpaired) electrons. The van der Waals surface area contributed by atoms with E-state index in [1.54, 1.807) is 4.90 Å². The van der Waals surface area contributed by atoms with Crippen LogP contribution in [0.2, 0.25) is 0 Å². The molecule has 23 heavy (non-hydrogen) atoms. The fourth-order valence-electron chi connectivity index (χ4n) is 2.83. The average molecular weight is 317 g/mol. The van der Waals surface area contributed by atoms with Crippen molar-refractivity contribution in [2.75, 3.05) is 18.4 Å². The van der Waals surface area contributed by atoms with Gasteiger partial charge in [0, 0.05) is 18.8 Å². The van der Waals surface area contributed by atoms with Crippen molar-refractivity contribution in [3.63, 3.8) is 0 Å². The molecule has 1 fully saturated rings. The molecule has 1 aromatic carbocycles. The molecule has 1 aliphatic heterocycles. The van der Waals surface area contributed by atoms with Gasteiger partial charge in [-0.3, -0.25) is 14.4 Å². The lowest BCUT2D eigenvalue weighted by Crippen LogP contribution is -2.44. The monoisotopic (exact) mass is 317 g/mol. The van der Waals surface area contributed by atoms with E-state index in [2.05, 4.69) is 5.32 Å². The molecule has 124 valence electrons. The van der Waals surface area contributed by atoms with Gasteiger partial charge in [-0.25, -0.2) is 0 Å². The molecule has 0 saturated carbocycles. The number of nitrogens with zero attached hydrogens (tertiary/aromatic N) is 1. The zero-order valence-electron chi connectivity index (χ0n) is 13.6. The Hall–Kier alpha value is -2.37. The standard InChI is InChI=1S/C17H23N3O3/c1-11-5-6-14(12(2)8-11)19-15(21)9-16(22)20-7-3-4-13(10-20)17(18)23/h5-6,8,13H,3-4,7,9-10H2,1-2H3,(H2,18,23)(H,19,21). The molecule has 1 unspecified atom stereocenters. The maximum absolute atomic E-state index is 12.2. The van der Waals surface area contributed by atoms with Gasteiger partial charge >= 0.3 is 0 Å². The van der Waals surface area contributed by atoms with Crippen LogP contribution in [0.25, 0.3) is 0 Å². The first-order valence-electron chi connectivity index (χ1n) is 7.81. The Balaban J connectivity index is 1.91. The number of nitrogens with two attached hydrogens (primary N) is 1. The number of amides is 3. The first kappa shape index (κ1) is 17.0. The third-order valence-electron chi connectivity index (χ3n) is 4.14. The maximum Gasteiger partial charge on any atom is 0.233 e. The number of piperidine rings is 1. The minimum absolute atomic E-state index is 0.223. The minimum Gasteiger partial charge on any atom is -0.369 e. The molecular weight excluding hydrogens is 294 g/mol. The summed E-state index contributed by atoms with van der Waals surface area (Å²) in [6.45, 7) is 4.77. The summed E-state index contributed by atoms with van der Waals surface area (Å²) in [7, 11) is 0. The number of benzene rings is 1. The number of rotatable bonds is 4. The first-order valence-corrected chi connectivity index (χ1v) is 7.81. The van der Waals surface area contributed by atoms with Crippen LogP contribution in [-0.4, -0.2) is 35.7 Å². The second kappa shape index (κ2) is 7.26. The van der Waals surface area contributed by atoms with E-state index < -0.39 is 0 Å². The number of hydrogen-bond acceptors (Lipinski definition) is 3. The van der Waals surface area contributed by atoms with Gasteiger partial charge < -0.3 is 16.0 Å². The van der Waals surface area contributed by atoms with Crippen molar-refractivity contribution >= 4 is 23.4 Å². The minimum atomic E-state index is -0.387. The molecule has 0 aromatic heterocycles. The molecular formula is C17H23N3O3. The SMILES string of the molecule is Cc1ccc(NC(=O)CC(=O)N2CCCC(C(N)=O)C2)c(C)c1. The topological polar surface area (TPSA) is 92.5 Å². The van der Waals surface area contributed by atoms with Crippen LogP contribution in [0.5, 0.6) is 0 Å². The smallest absolute Gasteiger partial charge is 0.233 e. The van der Waals surface area contributed by atoms with Crippen LogP contribution in [0.1, 0.15) is 30.4 Å². The van der Waals surface area contributed by atoms with E-state index in [0.717, 1.165) is 17.5 Å². The maximum atomic E-state index is 12.2. The Kier molecular flexibility index (Phi) is 5.36.